The number of anilines is 1. The predicted molar refractivity (Wildman–Crippen MR) is 92.5 cm³/mol. The number of hydrogen-bond acceptors (Lipinski definition) is 2. The molecule has 2 N–H and O–H groups in total. The Kier molecular flexibility index (Phi) is 4.71. The van der Waals surface area contributed by atoms with Crippen molar-refractivity contribution in [1.82, 2.24) is 5.32 Å². The summed E-state index contributed by atoms with van der Waals surface area (Å²) in [6.07, 6.45) is 6.05. The van der Waals surface area contributed by atoms with Gasteiger partial charge in [-0.1, -0.05) is 12.8 Å². The van der Waals surface area contributed by atoms with E-state index >= 15 is 0 Å². The number of halogens is 2. The summed E-state index contributed by atoms with van der Waals surface area (Å²) in [6, 6.07) is 4.52. The van der Waals surface area contributed by atoms with Gasteiger partial charge in [-0.3, -0.25) is 4.79 Å². The van der Waals surface area contributed by atoms with Gasteiger partial charge in [0.2, 0.25) is 5.91 Å². The molecule has 1 saturated carbocycles. The third-order valence-corrected chi connectivity index (χ3v) is 5.86. The Bertz CT molecular complexity index is 524. The number of rotatable bonds is 2. The molecule has 0 radical (unpaired) electrons. The van der Waals surface area contributed by atoms with Crippen LogP contribution in [0.4, 0.5) is 5.69 Å². The number of carbonyl (C=O) groups is 1. The molecule has 0 bridgehead atoms. The van der Waals surface area contributed by atoms with Crippen LogP contribution in [-0.4, -0.2) is 18.0 Å². The van der Waals surface area contributed by atoms with Crippen molar-refractivity contribution < 1.29 is 4.79 Å². The van der Waals surface area contributed by atoms with Crippen molar-refractivity contribution in [2.24, 2.45) is 5.92 Å². The van der Waals surface area contributed by atoms with Crippen LogP contribution in [0.25, 0.3) is 0 Å². The molecule has 3 nitrogen and oxygen atoms in total. The minimum Gasteiger partial charge on any atom is -0.323 e. The normalized spacial score (nSPS) is 28.2. The molecule has 1 amide bonds. The fraction of sp³-hybridized carbons (Fsp3) is 0.562. The molecule has 1 aliphatic carbocycles. The predicted octanol–water partition coefficient (Wildman–Crippen LogP) is 4.38. The lowest BCUT2D eigenvalue weighted by molar-refractivity contribution is -0.117. The molecule has 1 heterocycles. The fourth-order valence-corrected chi connectivity index (χ4v) is 5.16. The van der Waals surface area contributed by atoms with Gasteiger partial charge in [-0.15, -0.1) is 0 Å². The van der Waals surface area contributed by atoms with E-state index in [1.807, 2.05) is 19.1 Å². The van der Waals surface area contributed by atoms with Crippen LogP contribution in [0.5, 0.6) is 0 Å². The van der Waals surface area contributed by atoms with Crippen LogP contribution in [0.2, 0.25) is 0 Å². The Morgan fingerprint density at radius 2 is 1.90 bits per heavy atom. The van der Waals surface area contributed by atoms with E-state index in [9.17, 15) is 4.79 Å². The smallest absolute Gasteiger partial charge is 0.241 e. The zero-order chi connectivity index (χ0) is 15.0. The number of carbonyl (C=O) groups excluding carboxylic acids is 1. The van der Waals surface area contributed by atoms with E-state index in [0.717, 1.165) is 26.6 Å². The number of aryl methyl sites for hydroxylation is 1. The van der Waals surface area contributed by atoms with Crippen LogP contribution in [0.15, 0.2) is 21.1 Å². The molecule has 3 atom stereocenters. The van der Waals surface area contributed by atoms with Gasteiger partial charge in [-0.2, -0.15) is 0 Å². The van der Waals surface area contributed by atoms with Crippen molar-refractivity contribution in [3.8, 4) is 0 Å². The zero-order valence-electron chi connectivity index (χ0n) is 12.1. The van der Waals surface area contributed by atoms with E-state index in [1.165, 1.54) is 25.7 Å². The number of amides is 1. The molecule has 0 spiro atoms. The maximum absolute atomic E-state index is 12.5. The highest BCUT2D eigenvalue weighted by molar-refractivity contribution is 9.11. The van der Waals surface area contributed by atoms with Crippen LogP contribution in [0, 0.1) is 12.8 Å². The largest absolute Gasteiger partial charge is 0.323 e. The van der Waals surface area contributed by atoms with Crippen molar-refractivity contribution in [3.05, 3.63) is 26.6 Å². The topological polar surface area (TPSA) is 41.1 Å². The molecule has 0 aromatic heterocycles. The first-order chi connectivity index (χ1) is 10.0. The SMILES string of the molecule is Cc1cc(Br)c(NC(=O)C2CC3CCCCC3N2)c(Br)c1. The highest BCUT2D eigenvalue weighted by atomic mass is 79.9. The number of hydrogen-bond donors (Lipinski definition) is 2. The van der Waals surface area contributed by atoms with Gasteiger partial charge >= 0.3 is 0 Å². The van der Waals surface area contributed by atoms with Crippen LogP contribution in [-0.2, 0) is 4.79 Å². The molecule has 2 fully saturated rings. The van der Waals surface area contributed by atoms with Crippen LogP contribution >= 0.6 is 31.9 Å². The Labute approximate surface area is 142 Å². The average molecular weight is 416 g/mol. The van der Waals surface area contributed by atoms with Crippen molar-refractivity contribution in [3.63, 3.8) is 0 Å². The van der Waals surface area contributed by atoms with Crippen LogP contribution in [0.1, 0.15) is 37.7 Å². The van der Waals surface area contributed by atoms with Gasteiger partial charge in [0.05, 0.1) is 11.7 Å². The van der Waals surface area contributed by atoms with Gasteiger partial charge in [0, 0.05) is 15.0 Å². The Morgan fingerprint density at radius 1 is 1.24 bits per heavy atom. The summed E-state index contributed by atoms with van der Waals surface area (Å²) in [7, 11) is 0. The van der Waals surface area contributed by atoms with E-state index in [1.54, 1.807) is 0 Å². The second-order valence-electron chi connectivity index (χ2n) is 6.20. The van der Waals surface area contributed by atoms with Gasteiger partial charge in [-0.05, 0) is 81.7 Å². The lowest BCUT2D eigenvalue weighted by Gasteiger charge is -2.24. The van der Waals surface area contributed by atoms with E-state index in [-0.39, 0.29) is 11.9 Å². The first-order valence-corrected chi connectivity index (χ1v) is 9.16. The summed E-state index contributed by atoms with van der Waals surface area (Å²) in [5.41, 5.74) is 1.97. The van der Waals surface area contributed by atoms with E-state index < -0.39 is 0 Å². The summed E-state index contributed by atoms with van der Waals surface area (Å²) in [6.45, 7) is 2.03. The quantitative estimate of drug-likeness (QED) is 0.752. The lowest BCUT2D eigenvalue weighted by Crippen LogP contribution is -2.40. The minimum atomic E-state index is -0.0572. The molecular formula is C16H20Br2N2O. The summed E-state index contributed by atoms with van der Waals surface area (Å²) in [5, 5.41) is 6.58. The third-order valence-electron chi connectivity index (χ3n) is 4.61. The molecule has 21 heavy (non-hydrogen) atoms. The molecule has 1 aliphatic heterocycles. The van der Waals surface area contributed by atoms with Gasteiger partial charge < -0.3 is 10.6 Å². The Hall–Kier alpha value is -0.390. The van der Waals surface area contributed by atoms with Crippen LogP contribution in [0.3, 0.4) is 0 Å². The minimum absolute atomic E-state index is 0.0572. The van der Waals surface area contributed by atoms with Crippen LogP contribution < -0.4 is 10.6 Å². The molecule has 1 aromatic carbocycles. The molecule has 3 unspecified atom stereocenters. The zero-order valence-corrected chi connectivity index (χ0v) is 15.3. The van der Waals surface area contributed by atoms with E-state index in [2.05, 4.69) is 42.5 Å². The monoisotopic (exact) mass is 414 g/mol. The first kappa shape index (κ1) is 15.5. The summed E-state index contributed by atoms with van der Waals surface area (Å²) in [4.78, 5) is 12.5. The van der Waals surface area contributed by atoms with Crippen molar-refractivity contribution in [1.29, 1.82) is 0 Å². The number of benzene rings is 1. The molecule has 5 heteroatoms. The van der Waals surface area contributed by atoms with Crippen molar-refractivity contribution in [2.45, 2.75) is 51.1 Å². The molecular weight excluding hydrogens is 396 g/mol. The van der Waals surface area contributed by atoms with Gasteiger partial charge in [0.25, 0.3) is 0 Å². The molecule has 2 aliphatic rings. The summed E-state index contributed by atoms with van der Waals surface area (Å²) in [5.74, 6) is 0.758. The maximum Gasteiger partial charge on any atom is 0.241 e. The fourth-order valence-electron chi connectivity index (χ4n) is 3.55. The average Bonchev–Trinajstić information content (AvgIpc) is 2.86. The lowest BCUT2D eigenvalue weighted by atomic mass is 9.85. The van der Waals surface area contributed by atoms with Crippen molar-refractivity contribution >= 4 is 43.5 Å². The number of nitrogens with one attached hydrogen (secondary N) is 2. The Morgan fingerprint density at radius 3 is 2.57 bits per heavy atom. The highest BCUT2D eigenvalue weighted by Gasteiger charge is 2.38. The number of fused-ring (bicyclic) bond motifs is 1. The van der Waals surface area contributed by atoms with Gasteiger partial charge in [0.15, 0.2) is 0 Å². The van der Waals surface area contributed by atoms with Gasteiger partial charge in [0.1, 0.15) is 0 Å². The van der Waals surface area contributed by atoms with E-state index in [0.29, 0.717) is 12.0 Å². The van der Waals surface area contributed by atoms with Gasteiger partial charge in [-0.25, -0.2) is 0 Å². The maximum atomic E-state index is 12.5. The molecule has 3 rings (SSSR count). The summed E-state index contributed by atoms with van der Waals surface area (Å²) >= 11 is 7.06. The molecule has 114 valence electrons. The third kappa shape index (κ3) is 3.35. The highest BCUT2D eigenvalue weighted by Crippen LogP contribution is 2.35. The first-order valence-electron chi connectivity index (χ1n) is 7.57. The Balaban J connectivity index is 1.70. The summed E-state index contributed by atoms with van der Waals surface area (Å²) < 4.78 is 1.83. The second-order valence-corrected chi connectivity index (χ2v) is 7.91. The van der Waals surface area contributed by atoms with E-state index in [4.69, 9.17) is 0 Å². The molecule has 1 saturated heterocycles. The second kappa shape index (κ2) is 6.39. The standard InChI is InChI=1S/C16H20Br2N2O/c1-9-6-11(17)15(12(18)7-9)20-16(21)14-8-10-4-2-3-5-13(10)19-14/h6-7,10,13-14,19H,2-5,8H2,1H3,(H,20,21). The molecule has 1 aromatic rings. The van der Waals surface area contributed by atoms with Crippen molar-refractivity contribution in [2.75, 3.05) is 5.32 Å².